The number of carbonyl (C=O) groups is 3. The number of hydrogen-bond donors (Lipinski definition) is 4. The molecule has 4 N–H and O–H groups in total. The van der Waals surface area contributed by atoms with E-state index in [1.54, 1.807) is 0 Å². The highest BCUT2D eigenvalue weighted by Crippen LogP contribution is 2.20. The molecule has 0 aromatic heterocycles. The van der Waals surface area contributed by atoms with Gasteiger partial charge in [-0.1, -0.05) is 42.8 Å². The Kier molecular flexibility index (Phi) is 13.5. The van der Waals surface area contributed by atoms with Crippen molar-refractivity contribution in [1.29, 1.82) is 0 Å². The van der Waals surface area contributed by atoms with Crippen LogP contribution in [0.4, 0.5) is 0 Å². The molecule has 0 radical (unpaired) electrons. The second-order valence-corrected chi connectivity index (χ2v) is 10.8. The van der Waals surface area contributed by atoms with Gasteiger partial charge in [-0.25, -0.2) is 0 Å². The van der Waals surface area contributed by atoms with Gasteiger partial charge in [0.25, 0.3) is 0 Å². The van der Waals surface area contributed by atoms with Crippen molar-refractivity contribution in [2.45, 2.75) is 83.7 Å². The largest absolute Gasteiger partial charge is 0.494 e. The summed E-state index contributed by atoms with van der Waals surface area (Å²) in [6, 6.07) is 15.2. The first-order valence-electron chi connectivity index (χ1n) is 14.7. The number of benzene rings is 2. The van der Waals surface area contributed by atoms with Crippen LogP contribution in [0, 0.1) is 12.8 Å². The molecule has 40 heavy (non-hydrogen) atoms. The quantitative estimate of drug-likeness (QED) is 0.215. The van der Waals surface area contributed by atoms with Crippen molar-refractivity contribution in [3.05, 3.63) is 65.2 Å². The van der Waals surface area contributed by atoms with Crippen molar-refractivity contribution in [1.82, 2.24) is 16.0 Å². The molecule has 3 rings (SSSR count). The molecule has 2 atom stereocenters. The number of unbranched alkanes of at least 4 members (excludes halogenated alkanes) is 2. The van der Waals surface area contributed by atoms with Gasteiger partial charge in [-0.2, -0.15) is 0 Å². The minimum absolute atomic E-state index is 0.105. The minimum atomic E-state index is -0.827. The third kappa shape index (κ3) is 11.8. The maximum absolute atomic E-state index is 13.2. The molecule has 1 heterocycles. The lowest BCUT2D eigenvalue weighted by molar-refractivity contribution is -0.137. The molecular formula is C32H45N3O5. The minimum Gasteiger partial charge on any atom is -0.494 e. The van der Waals surface area contributed by atoms with Crippen LogP contribution in [0.5, 0.6) is 5.75 Å². The Hall–Kier alpha value is -3.39. The number of carbonyl (C=O) groups excluding carboxylic acids is 2. The van der Waals surface area contributed by atoms with Crippen LogP contribution >= 0.6 is 0 Å². The van der Waals surface area contributed by atoms with Gasteiger partial charge in [0, 0.05) is 19.4 Å². The van der Waals surface area contributed by atoms with E-state index < -0.39 is 12.0 Å². The van der Waals surface area contributed by atoms with Crippen molar-refractivity contribution >= 4 is 17.8 Å². The maximum Gasteiger partial charge on any atom is 0.303 e. The molecule has 1 fully saturated rings. The lowest BCUT2D eigenvalue weighted by Gasteiger charge is -2.22. The molecule has 8 heteroatoms. The van der Waals surface area contributed by atoms with E-state index in [1.165, 1.54) is 12.8 Å². The van der Waals surface area contributed by atoms with Crippen LogP contribution in [0.25, 0.3) is 0 Å². The third-order valence-corrected chi connectivity index (χ3v) is 7.48. The van der Waals surface area contributed by atoms with E-state index in [0.717, 1.165) is 42.0 Å². The molecule has 2 aromatic carbocycles. The van der Waals surface area contributed by atoms with Gasteiger partial charge in [0.1, 0.15) is 11.8 Å². The van der Waals surface area contributed by atoms with Crippen LogP contribution in [0.1, 0.15) is 74.5 Å². The van der Waals surface area contributed by atoms with Gasteiger partial charge in [-0.15, -0.1) is 0 Å². The van der Waals surface area contributed by atoms with Crippen molar-refractivity contribution in [3.8, 4) is 5.75 Å². The molecular weight excluding hydrogens is 506 g/mol. The molecule has 0 saturated carbocycles. The smallest absolute Gasteiger partial charge is 0.303 e. The average molecular weight is 552 g/mol. The lowest BCUT2D eigenvalue weighted by Crippen LogP contribution is -2.46. The second-order valence-electron chi connectivity index (χ2n) is 10.8. The summed E-state index contributed by atoms with van der Waals surface area (Å²) in [5.74, 6) is 0.224. The Balaban J connectivity index is 1.52. The molecule has 1 aliphatic heterocycles. The van der Waals surface area contributed by atoms with Gasteiger partial charge in [0.2, 0.25) is 11.8 Å². The summed E-state index contributed by atoms with van der Waals surface area (Å²) in [5.41, 5.74) is 3.15. The topological polar surface area (TPSA) is 117 Å². The summed E-state index contributed by atoms with van der Waals surface area (Å²) in [6.45, 7) is 5.20. The van der Waals surface area contributed by atoms with Crippen LogP contribution in [-0.2, 0) is 27.3 Å². The van der Waals surface area contributed by atoms with E-state index in [1.807, 2.05) is 55.5 Å². The third-order valence-electron chi connectivity index (χ3n) is 7.48. The zero-order valence-electron chi connectivity index (χ0n) is 23.8. The number of piperidine rings is 1. The van der Waals surface area contributed by atoms with Gasteiger partial charge >= 0.3 is 5.97 Å². The number of rotatable bonds is 17. The molecule has 1 aliphatic rings. The first kappa shape index (κ1) is 31.1. The summed E-state index contributed by atoms with van der Waals surface area (Å²) < 4.78 is 6.04. The number of ether oxygens (including phenoxy) is 1. The summed E-state index contributed by atoms with van der Waals surface area (Å²) in [5, 5.41) is 18.2. The van der Waals surface area contributed by atoms with E-state index in [-0.39, 0.29) is 24.7 Å². The highest BCUT2D eigenvalue weighted by atomic mass is 16.5. The van der Waals surface area contributed by atoms with E-state index in [0.29, 0.717) is 51.2 Å². The second kappa shape index (κ2) is 17.3. The van der Waals surface area contributed by atoms with Gasteiger partial charge in [0.15, 0.2) is 0 Å². The zero-order valence-corrected chi connectivity index (χ0v) is 23.8. The van der Waals surface area contributed by atoms with Crippen LogP contribution in [0.15, 0.2) is 48.5 Å². The average Bonchev–Trinajstić information content (AvgIpc) is 2.96. The van der Waals surface area contributed by atoms with Crippen LogP contribution < -0.4 is 20.7 Å². The Bertz CT molecular complexity index is 1070. The van der Waals surface area contributed by atoms with Crippen LogP contribution in [0.2, 0.25) is 0 Å². The van der Waals surface area contributed by atoms with Gasteiger partial charge in [0.05, 0.1) is 6.61 Å². The molecule has 0 bridgehead atoms. The normalized spacial score (nSPS) is 15.7. The first-order valence-corrected chi connectivity index (χ1v) is 14.7. The number of nitrogens with one attached hydrogen (secondary N) is 3. The summed E-state index contributed by atoms with van der Waals surface area (Å²) in [6.07, 6.45) is 6.81. The number of aryl methyl sites for hydroxylation is 2. The first-order chi connectivity index (χ1) is 19.4. The van der Waals surface area contributed by atoms with E-state index >= 15 is 0 Å². The number of hydrogen-bond acceptors (Lipinski definition) is 5. The van der Waals surface area contributed by atoms with Gasteiger partial charge in [-0.05, 0) is 99.7 Å². The number of aliphatic carboxylic acids is 1. The molecule has 1 unspecified atom stereocenters. The number of carboxylic acids is 1. The lowest BCUT2D eigenvalue weighted by atomic mass is 9.97. The predicted octanol–water partition coefficient (Wildman–Crippen LogP) is 4.53. The van der Waals surface area contributed by atoms with Gasteiger partial charge in [-0.3, -0.25) is 14.4 Å². The van der Waals surface area contributed by atoms with Crippen LogP contribution in [-0.4, -0.2) is 48.6 Å². The molecule has 218 valence electrons. The molecule has 0 aliphatic carbocycles. The van der Waals surface area contributed by atoms with E-state index in [4.69, 9.17) is 9.84 Å². The predicted molar refractivity (Wildman–Crippen MR) is 156 cm³/mol. The van der Waals surface area contributed by atoms with Crippen molar-refractivity contribution in [2.24, 2.45) is 5.92 Å². The Labute approximate surface area is 238 Å². The Morgan fingerprint density at radius 2 is 1.88 bits per heavy atom. The van der Waals surface area contributed by atoms with Crippen molar-refractivity contribution in [2.75, 3.05) is 19.7 Å². The summed E-state index contributed by atoms with van der Waals surface area (Å²) in [4.78, 5) is 36.5. The number of amides is 2. The van der Waals surface area contributed by atoms with E-state index in [2.05, 4.69) is 16.0 Å². The van der Waals surface area contributed by atoms with Crippen LogP contribution in [0.3, 0.4) is 0 Å². The summed E-state index contributed by atoms with van der Waals surface area (Å²) in [7, 11) is 0. The monoisotopic (exact) mass is 551 g/mol. The fourth-order valence-electron chi connectivity index (χ4n) is 4.98. The Morgan fingerprint density at radius 1 is 1.07 bits per heavy atom. The fourth-order valence-corrected chi connectivity index (χ4v) is 4.98. The number of carboxylic acid groups (broad SMARTS) is 1. The molecule has 0 spiro atoms. The zero-order chi connectivity index (χ0) is 28.6. The Morgan fingerprint density at radius 3 is 2.62 bits per heavy atom. The molecule has 2 aromatic rings. The fraction of sp³-hybridized carbons (Fsp3) is 0.531. The highest BCUT2D eigenvalue weighted by molar-refractivity contribution is 5.87. The van der Waals surface area contributed by atoms with E-state index in [9.17, 15) is 14.4 Å². The maximum atomic E-state index is 13.2. The highest BCUT2D eigenvalue weighted by Gasteiger charge is 2.21. The molecule has 8 nitrogen and oxygen atoms in total. The van der Waals surface area contributed by atoms with Crippen molar-refractivity contribution < 1.29 is 24.2 Å². The SMILES string of the molecule is Cc1ccc(OCCC2CCCNC2)cc1CNC(=O)[C@H](CCc1ccccc1)NC(=O)CCCCCC(=O)O. The summed E-state index contributed by atoms with van der Waals surface area (Å²) >= 11 is 0. The van der Waals surface area contributed by atoms with Gasteiger partial charge < -0.3 is 25.8 Å². The molecule has 2 amide bonds. The molecule has 1 saturated heterocycles. The standard InChI is InChI=1S/C32H45N3O5/c1-24-14-16-28(40-20-18-26-11-8-19-33-22-26)21-27(24)23-34-32(39)29(17-15-25-9-4-2-5-10-25)35-30(36)12-6-3-7-13-31(37)38/h2,4-5,9-10,14,16,21,26,29,33H,3,6-8,11-13,15,17-20,22-23H2,1H3,(H,34,39)(H,35,36)(H,37,38)/t26?,29-/m0/s1. The van der Waals surface area contributed by atoms with Crippen molar-refractivity contribution in [3.63, 3.8) is 0 Å².